The number of nitrogens with one attached hydrogen (secondary N) is 1. The molecule has 3 atom stereocenters. The first kappa shape index (κ1) is 48.3. The molecule has 0 aliphatic heterocycles. The third-order valence-electron chi connectivity index (χ3n) is 9.73. The van der Waals surface area contributed by atoms with E-state index in [1.54, 1.807) is 0 Å². The molecule has 50 heavy (non-hydrogen) atoms. The van der Waals surface area contributed by atoms with Gasteiger partial charge in [-0.25, -0.2) is 0 Å². The Bertz CT molecular complexity index is 797. The van der Waals surface area contributed by atoms with Crippen molar-refractivity contribution in [1.82, 2.24) is 5.32 Å². The topological polar surface area (TPSA) is 95.9 Å². The van der Waals surface area contributed by atoms with E-state index in [2.05, 4.69) is 50.4 Å². The highest BCUT2D eigenvalue weighted by atomic mass is 16.5. The molecule has 6 heteroatoms. The highest BCUT2D eigenvalue weighted by Crippen LogP contribution is 2.16. The van der Waals surface area contributed by atoms with Gasteiger partial charge in [0.05, 0.1) is 25.2 Å². The number of hydrogen-bond acceptors (Lipinski definition) is 5. The lowest BCUT2D eigenvalue weighted by molar-refractivity contribution is -0.151. The molecule has 0 spiro atoms. The molecule has 0 aliphatic carbocycles. The van der Waals surface area contributed by atoms with E-state index in [1.807, 2.05) is 0 Å². The van der Waals surface area contributed by atoms with E-state index in [9.17, 15) is 19.8 Å². The molecule has 0 bridgehead atoms. The number of allylic oxidation sites excluding steroid dienone is 4. The summed E-state index contributed by atoms with van der Waals surface area (Å²) in [4.78, 5) is 25.8. The number of carbonyl (C=O) groups excluding carboxylic acids is 2. The van der Waals surface area contributed by atoms with Crippen molar-refractivity contribution in [1.29, 1.82) is 0 Å². The first-order valence-corrected chi connectivity index (χ1v) is 21.6. The normalized spacial score (nSPS) is 13.6. The standard InChI is InChI=1S/C44H83NO5/c1-4-7-10-13-16-19-21-22-24-26-29-32-35-40(50-44(49)37-34-31-28-25-20-17-14-11-8-5-2)38-43(48)45-41(39-46)42(47)36-33-30-27-23-18-15-12-9-6-3/h11,14,24,26,40-42,46-47H,4-10,12-13,15-23,25,27-39H2,1-3H3,(H,45,48)/b14-11-,26-24-. The third-order valence-corrected chi connectivity index (χ3v) is 9.73. The fourth-order valence-electron chi connectivity index (χ4n) is 6.43. The monoisotopic (exact) mass is 706 g/mol. The van der Waals surface area contributed by atoms with Crippen LogP contribution in [-0.4, -0.2) is 46.9 Å². The summed E-state index contributed by atoms with van der Waals surface area (Å²) in [7, 11) is 0. The maximum absolute atomic E-state index is 13.1. The van der Waals surface area contributed by atoms with E-state index in [0.29, 0.717) is 19.3 Å². The van der Waals surface area contributed by atoms with Gasteiger partial charge in [-0.15, -0.1) is 0 Å². The third kappa shape index (κ3) is 33.5. The molecule has 294 valence electrons. The van der Waals surface area contributed by atoms with Gasteiger partial charge in [0.25, 0.3) is 0 Å². The van der Waals surface area contributed by atoms with E-state index >= 15 is 0 Å². The van der Waals surface area contributed by atoms with E-state index in [-0.39, 0.29) is 24.9 Å². The van der Waals surface area contributed by atoms with Crippen LogP contribution in [0.4, 0.5) is 0 Å². The molecule has 3 unspecified atom stereocenters. The van der Waals surface area contributed by atoms with E-state index in [1.165, 1.54) is 103 Å². The highest BCUT2D eigenvalue weighted by Gasteiger charge is 2.24. The van der Waals surface area contributed by atoms with Gasteiger partial charge in [0.15, 0.2) is 0 Å². The van der Waals surface area contributed by atoms with E-state index in [0.717, 1.165) is 70.6 Å². The smallest absolute Gasteiger partial charge is 0.306 e. The predicted molar refractivity (Wildman–Crippen MR) is 213 cm³/mol. The summed E-state index contributed by atoms with van der Waals surface area (Å²) in [5.41, 5.74) is 0. The van der Waals surface area contributed by atoms with Crippen LogP contribution < -0.4 is 5.32 Å². The van der Waals surface area contributed by atoms with Crippen molar-refractivity contribution >= 4 is 11.9 Å². The van der Waals surface area contributed by atoms with Crippen LogP contribution in [0.15, 0.2) is 24.3 Å². The van der Waals surface area contributed by atoms with Crippen LogP contribution in [0.5, 0.6) is 0 Å². The van der Waals surface area contributed by atoms with Crippen molar-refractivity contribution in [3.63, 3.8) is 0 Å². The Kier molecular flexibility index (Phi) is 37.3. The summed E-state index contributed by atoms with van der Waals surface area (Å²) in [5, 5.41) is 23.5. The van der Waals surface area contributed by atoms with Gasteiger partial charge in [-0.3, -0.25) is 9.59 Å². The molecule has 1 amide bonds. The average Bonchev–Trinajstić information content (AvgIpc) is 3.10. The molecule has 0 aromatic heterocycles. The molecule has 0 aromatic carbocycles. The van der Waals surface area contributed by atoms with Crippen LogP contribution >= 0.6 is 0 Å². The first-order valence-electron chi connectivity index (χ1n) is 21.6. The number of amides is 1. The molecule has 6 nitrogen and oxygen atoms in total. The summed E-state index contributed by atoms with van der Waals surface area (Å²) in [5.74, 6) is -0.515. The zero-order chi connectivity index (χ0) is 36.8. The Labute approximate surface area is 310 Å². The number of unbranched alkanes of at least 4 members (excludes halogenated alkanes) is 22. The number of esters is 1. The molecule has 0 fully saturated rings. The second-order valence-corrected chi connectivity index (χ2v) is 14.7. The minimum absolute atomic E-state index is 0.0558. The largest absolute Gasteiger partial charge is 0.462 e. The second kappa shape index (κ2) is 38.6. The lowest BCUT2D eigenvalue weighted by Gasteiger charge is -2.24. The minimum atomic E-state index is -0.789. The van der Waals surface area contributed by atoms with Gasteiger partial charge in [0.1, 0.15) is 6.10 Å². The molecule has 0 saturated heterocycles. The van der Waals surface area contributed by atoms with E-state index < -0.39 is 18.2 Å². The van der Waals surface area contributed by atoms with Crippen molar-refractivity contribution < 1.29 is 24.5 Å². The quantitative estimate of drug-likeness (QED) is 0.0337. The average molecular weight is 706 g/mol. The van der Waals surface area contributed by atoms with Gasteiger partial charge in [0.2, 0.25) is 5.91 Å². The zero-order valence-electron chi connectivity index (χ0n) is 33.3. The molecule has 0 rings (SSSR count). The van der Waals surface area contributed by atoms with E-state index in [4.69, 9.17) is 4.74 Å². The zero-order valence-corrected chi connectivity index (χ0v) is 33.3. The second-order valence-electron chi connectivity index (χ2n) is 14.7. The number of ether oxygens (including phenoxy) is 1. The van der Waals surface area contributed by atoms with Crippen LogP contribution in [0.25, 0.3) is 0 Å². The fourth-order valence-corrected chi connectivity index (χ4v) is 6.43. The summed E-state index contributed by atoms with van der Waals surface area (Å²) in [6.45, 7) is 6.37. The van der Waals surface area contributed by atoms with Crippen molar-refractivity contribution in [2.75, 3.05) is 6.61 Å². The van der Waals surface area contributed by atoms with Gasteiger partial charge >= 0.3 is 5.97 Å². The highest BCUT2D eigenvalue weighted by molar-refractivity contribution is 5.77. The van der Waals surface area contributed by atoms with Crippen LogP contribution in [0.3, 0.4) is 0 Å². The molecule has 0 heterocycles. The number of aliphatic hydroxyl groups excluding tert-OH is 2. The Morgan fingerprint density at radius 1 is 0.560 bits per heavy atom. The predicted octanol–water partition coefficient (Wildman–Crippen LogP) is 12.0. The summed E-state index contributed by atoms with van der Waals surface area (Å²) < 4.78 is 5.85. The molecular formula is C44H83NO5. The molecular weight excluding hydrogens is 622 g/mol. The lowest BCUT2D eigenvalue weighted by Crippen LogP contribution is -2.46. The van der Waals surface area contributed by atoms with Gasteiger partial charge in [-0.2, -0.15) is 0 Å². The lowest BCUT2D eigenvalue weighted by atomic mass is 10.0. The van der Waals surface area contributed by atoms with Crippen LogP contribution in [0, 0.1) is 0 Å². The summed E-state index contributed by atoms with van der Waals surface area (Å²) >= 11 is 0. The number of hydrogen-bond donors (Lipinski definition) is 3. The Morgan fingerprint density at radius 3 is 1.54 bits per heavy atom. The number of aliphatic hydroxyl groups is 2. The van der Waals surface area contributed by atoms with Gasteiger partial charge in [-0.05, 0) is 64.2 Å². The van der Waals surface area contributed by atoms with Gasteiger partial charge in [0, 0.05) is 6.42 Å². The fraction of sp³-hybridized carbons (Fsp3) is 0.864. The molecule has 3 N–H and O–H groups in total. The van der Waals surface area contributed by atoms with Gasteiger partial charge < -0.3 is 20.3 Å². The SMILES string of the molecule is CCC/C=C\CCCCCCCC(=O)OC(CCC/C=C\CCCCCCCCC)CC(=O)NC(CO)C(O)CCCCCCCCCCC. The number of rotatable bonds is 38. The summed E-state index contributed by atoms with van der Waals surface area (Å²) in [6, 6.07) is -0.704. The summed E-state index contributed by atoms with van der Waals surface area (Å²) in [6.07, 6.45) is 41.0. The van der Waals surface area contributed by atoms with Crippen LogP contribution in [0.2, 0.25) is 0 Å². The first-order chi connectivity index (χ1) is 24.5. The Morgan fingerprint density at radius 2 is 1.02 bits per heavy atom. The van der Waals surface area contributed by atoms with Gasteiger partial charge in [-0.1, -0.05) is 167 Å². The molecule has 0 aromatic rings. The Hall–Kier alpha value is -1.66. The van der Waals surface area contributed by atoms with Crippen molar-refractivity contribution in [2.24, 2.45) is 0 Å². The van der Waals surface area contributed by atoms with Crippen LogP contribution in [-0.2, 0) is 14.3 Å². The Balaban J connectivity index is 4.65. The molecule has 0 radical (unpaired) electrons. The maximum Gasteiger partial charge on any atom is 0.306 e. The molecule has 0 saturated carbocycles. The molecule has 0 aliphatic rings. The van der Waals surface area contributed by atoms with Crippen molar-refractivity contribution in [3.05, 3.63) is 24.3 Å². The number of carbonyl (C=O) groups is 2. The van der Waals surface area contributed by atoms with Crippen molar-refractivity contribution in [2.45, 2.75) is 238 Å². The maximum atomic E-state index is 13.1. The minimum Gasteiger partial charge on any atom is -0.462 e. The van der Waals surface area contributed by atoms with Crippen LogP contribution in [0.1, 0.15) is 220 Å². The van der Waals surface area contributed by atoms with Crippen molar-refractivity contribution in [3.8, 4) is 0 Å².